The Morgan fingerprint density at radius 3 is 0.541 bits per heavy atom. The van der Waals surface area contributed by atoms with Crippen LogP contribution in [0.25, 0.3) is 0 Å². The molecule has 0 amide bonds. The molecule has 0 nitrogen and oxygen atoms in total. The standard InChI is InChI=1S/C25H18F35P/c26-10(27,13(32,33)16(38,39)17(40,41)18(42,43)19(44,45)22(50,51)25(58,59)60)4-1-7-61(8-2-5-11(28,29)14(34,35)20(46,47)23(52,53)54)9-3-6-12(30,31)15(36,37)21(48,49)24(55,56)57/h1-9H2. The maximum atomic E-state index is 14.3. The third kappa shape index (κ3) is 9.83. The van der Waals surface area contributed by atoms with Crippen LogP contribution in [0.5, 0.6) is 0 Å². The van der Waals surface area contributed by atoms with E-state index in [1.54, 1.807) is 0 Å². The van der Waals surface area contributed by atoms with E-state index in [1.165, 1.54) is 0 Å². The Morgan fingerprint density at radius 2 is 0.344 bits per heavy atom. The highest BCUT2D eigenvalue weighted by Crippen LogP contribution is 2.65. The number of halogens is 35. The second kappa shape index (κ2) is 16.8. The Morgan fingerprint density at radius 1 is 0.197 bits per heavy atom. The monoisotopic (exact) mass is 1010 g/mol. The van der Waals surface area contributed by atoms with E-state index in [2.05, 4.69) is 0 Å². The fraction of sp³-hybridized carbons (Fsp3) is 1.00. The molecule has 368 valence electrons. The molecular weight excluding hydrogens is 996 g/mol. The molecule has 0 saturated carbocycles. The van der Waals surface area contributed by atoms with Gasteiger partial charge in [-0.25, -0.2) is 0 Å². The van der Waals surface area contributed by atoms with Crippen LogP contribution in [-0.4, -0.2) is 114 Å². The van der Waals surface area contributed by atoms with Crippen LogP contribution < -0.4 is 0 Å². The summed E-state index contributed by atoms with van der Waals surface area (Å²) in [6, 6.07) is 0. The van der Waals surface area contributed by atoms with Crippen molar-refractivity contribution in [3.63, 3.8) is 0 Å². The summed E-state index contributed by atoms with van der Waals surface area (Å²) in [5.74, 6) is -103. The van der Waals surface area contributed by atoms with Gasteiger partial charge in [0, 0.05) is 19.3 Å². The van der Waals surface area contributed by atoms with Gasteiger partial charge in [-0.05, 0) is 37.7 Å². The molecule has 0 fully saturated rings. The highest BCUT2D eigenvalue weighted by Gasteiger charge is 2.95. The quantitative estimate of drug-likeness (QED) is 0.0749. The summed E-state index contributed by atoms with van der Waals surface area (Å²) in [5.41, 5.74) is 0. The van der Waals surface area contributed by atoms with Crippen LogP contribution in [-0.2, 0) is 0 Å². The molecule has 0 radical (unpaired) electrons. The van der Waals surface area contributed by atoms with Gasteiger partial charge in [-0.1, -0.05) is 0 Å². The zero-order chi connectivity index (χ0) is 49.9. The summed E-state index contributed by atoms with van der Waals surface area (Å²) in [6.07, 6.45) is -43.8. The first-order chi connectivity index (χ1) is 26.0. The molecule has 0 bridgehead atoms. The highest BCUT2D eigenvalue weighted by molar-refractivity contribution is 7.57. The maximum Gasteiger partial charge on any atom is 0.460 e. The van der Waals surface area contributed by atoms with E-state index in [-0.39, 0.29) is 0 Å². The Hall–Kier alpha value is -2.02. The van der Waals surface area contributed by atoms with Gasteiger partial charge in [0.1, 0.15) is 0 Å². The summed E-state index contributed by atoms with van der Waals surface area (Å²) in [6.45, 7) is 0. The molecule has 36 heteroatoms. The van der Waals surface area contributed by atoms with Gasteiger partial charge in [0.2, 0.25) is 0 Å². The Bertz CT molecular complexity index is 1390. The van der Waals surface area contributed by atoms with Gasteiger partial charge in [-0.15, -0.1) is 7.92 Å². The summed E-state index contributed by atoms with van der Waals surface area (Å²) in [7, 11) is -3.34. The lowest BCUT2D eigenvalue weighted by Gasteiger charge is -2.42. The smallest absolute Gasteiger partial charge is 0.200 e. The van der Waals surface area contributed by atoms with E-state index in [0.717, 1.165) is 0 Å². The van der Waals surface area contributed by atoms with Gasteiger partial charge in [0.05, 0.1) is 0 Å². The average Bonchev–Trinajstić information content (AvgIpc) is 3.01. The van der Waals surface area contributed by atoms with Crippen molar-refractivity contribution >= 4 is 7.92 Å². The SMILES string of the molecule is FC(F)(F)C(F)(F)C(F)(F)C(F)(F)CCCP(CCCC(F)(F)C(F)(F)C(F)(F)C(F)(F)F)CCCC(F)(F)C(F)(F)C(F)(F)C(F)(F)C(F)(F)C(F)(F)C(F)(F)C(F)(F)F. The number of hydrogen-bond acceptors (Lipinski definition) is 0. The highest BCUT2D eigenvalue weighted by atomic mass is 31.1. The molecule has 0 aromatic carbocycles. The molecule has 0 atom stereocenters. The van der Waals surface area contributed by atoms with Crippen molar-refractivity contribution in [2.75, 3.05) is 18.5 Å². The second-order valence-corrected chi connectivity index (χ2v) is 15.2. The summed E-state index contributed by atoms with van der Waals surface area (Å²) in [5, 5.41) is 0. The van der Waals surface area contributed by atoms with Gasteiger partial charge in [0.15, 0.2) is 0 Å². The van der Waals surface area contributed by atoms with Crippen molar-refractivity contribution in [3.8, 4) is 0 Å². The largest absolute Gasteiger partial charge is 0.460 e. The summed E-state index contributed by atoms with van der Waals surface area (Å²) >= 11 is 0. The topological polar surface area (TPSA) is 0 Å². The molecule has 0 aliphatic rings. The van der Waals surface area contributed by atoms with Gasteiger partial charge in [-0.3, -0.25) is 0 Å². The van der Waals surface area contributed by atoms with Crippen molar-refractivity contribution in [1.29, 1.82) is 0 Å². The van der Waals surface area contributed by atoms with Gasteiger partial charge >= 0.3 is 95.5 Å². The Kier molecular flexibility index (Phi) is 16.2. The molecule has 61 heavy (non-hydrogen) atoms. The normalized spacial score (nSPS) is 16.5. The van der Waals surface area contributed by atoms with E-state index in [4.69, 9.17) is 0 Å². The molecule has 0 spiro atoms. The van der Waals surface area contributed by atoms with Gasteiger partial charge in [0.25, 0.3) is 0 Å². The maximum absolute atomic E-state index is 14.3. The van der Waals surface area contributed by atoms with Crippen molar-refractivity contribution in [2.24, 2.45) is 0 Å². The van der Waals surface area contributed by atoms with Crippen LogP contribution >= 0.6 is 7.92 Å². The molecule has 0 aliphatic carbocycles. The Balaban J connectivity index is 6.72. The molecule has 0 unspecified atom stereocenters. The van der Waals surface area contributed by atoms with E-state index in [9.17, 15) is 154 Å². The third-order valence-electron chi connectivity index (χ3n) is 8.10. The molecule has 0 aromatic heterocycles. The van der Waals surface area contributed by atoms with Gasteiger partial charge < -0.3 is 0 Å². The van der Waals surface area contributed by atoms with E-state index in [1.807, 2.05) is 0 Å². The number of alkyl halides is 35. The van der Waals surface area contributed by atoms with E-state index in [0.29, 0.717) is 0 Å². The lowest BCUT2D eigenvalue weighted by atomic mass is 9.88. The lowest BCUT2D eigenvalue weighted by molar-refractivity contribution is -0.461. The predicted octanol–water partition coefficient (Wildman–Crippen LogP) is 14.8. The first kappa shape index (κ1) is 59.0. The first-order valence-electron chi connectivity index (χ1n) is 14.9. The minimum Gasteiger partial charge on any atom is -0.200 e. The third-order valence-corrected chi connectivity index (χ3v) is 10.9. The molecule has 0 rings (SSSR count). The van der Waals surface area contributed by atoms with Crippen LogP contribution in [0.3, 0.4) is 0 Å². The first-order valence-corrected chi connectivity index (χ1v) is 16.8. The number of hydrogen-bond donors (Lipinski definition) is 0. The van der Waals surface area contributed by atoms with Crippen molar-refractivity contribution in [2.45, 2.75) is 134 Å². The zero-order valence-corrected chi connectivity index (χ0v) is 28.9. The molecule has 0 heterocycles. The fourth-order valence-electron chi connectivity index (χ4n) is 4.39. The minimum atomic E-state index is -9.07. The van der Waals surface area contributed by atoms with Crippen molar-refractivity contribution in [3.05, 3.63) is 0 Å². The van der Waals surface area contributed by atoms with Crippen molar-refractivity contribution in [1.82, 2.24) is 0 Å². The lowest BCUT2D eigenvalue weighted by Crippen LogP contribution is -2.74. The summed E-state index contributed by atoms with van der Waals surface area (Å²) in [4.78, 5) is 0. The number of rotatable bonds is 22. The summed E-state index contributed by atoms with van der Waals surface area (Å²) < 4.78 is 465. The van der Waals surface area contributed by atoms with E-state index >= 15 is 0 Å². The zero-order valence-electron chi connectivity index (χ0n) is 28.0. The molecule has 0 aromatic rings. The van der Waals surface area contributed by atoms with Crippen LogP contribution in [0.15, 0.2) is 0 Å². The van der Waals surface area contributed by atoms with E-state index < -0.39 is 160 Å². The molecule has 0 aliphatic heterocycles. The minimum absolute atomic E-state index is 1.72. The predicted molar refractivity (Wildman–Crippen MR) is 132 cm³/mol. The second-order valence-electron chi connectivity index (χ2n) is 12.5. The Labute approximate surface area is 315 Å². The molecule has 0 N–H and O–H groups in total. The van der Waals surface area contributed by atoms with Crippen LogP contribution in [0.1, 0.15) is 38.5 Å². The fourth-order valence-corrected chi connectivity index (χ4v) is 6.88. The van der Waals surface area contributed by atoms with Crippen molar-refractivity contribution < 1.29 is 154 Å². The molecule has 0 saturated heterocycles. The van der Waals surface area contributed by atoms with Crippen LogP contribution in [0.2, 0.25) is 0 Å². The van der Waals surface area contributed by atoms with Crippen LogP contribution in [0, 0.1) is 0 Å². The molecular formula is C25H18F35P. The average molecular weight is 1010 g/mol. The van der Waals surface area contributed by atoms with Crippen LogP contribution in [0.4, 0.5) is 154 Å². The van der Waals surface area contributed by atoms with Gasteiger partial charge in [-0.2, -0.15) is 154 Å².